The van der Waals surface area contributed by atoms with Gasteiger partial charge in [0.05, 0.1) is 5.38 Å². The van der Waals surface area contributed by atoms with Crippen molar-refractivity contribution in [1.29, 1.82) is 0 Å². The molecule has 35 heavy (non-hydrogen) atoms. The number of anilines is 1. The Kier molecular flexibility index (Phi) is 6.86. The molecule has 0 radical (unpaired) electrons. The van der Waals surface area contributed by atoms with Gasteiger partial charge in [0.15, 0.2) is 5.78 Å². The molecule has 0 bridgehead atoms. The molecule has 2 saturated heterocycles. The van der Waals surface area contributed by atoms with Gasteiger partial charge in [-0.05, 0) is 61.3 Å². The number of fused-ring (bicyclic) bond motifs is 2. The molecule has 1 aliphatic carbocycles. The maximum atomic E-state index is 13.8. The normalized spacial score (nSPS) is 31.3. The molecule has 0 aromatic heterocycles. The summed E-state index contributed by atoms with van der Waals surface area (Å²) in [5.41, 5.74) is 2.10. The molecule has 188 valence electrons. The summed E-state index contributed by atoms with van der Waals surface area (Å²) in [5, 5.41) is 5.46. The number of hydrogen-bond donors (Lipinski definition) is 2. The first-order chi connectivity index (χ1) is 16.8. The summed E-state index contributed by atoms with van der Waals surface area (Å²) in [4.78, 5) is 53.1. The molecule has 2 N–H and O–H groups in total. The van der Waals surface area contributed by atoms with E-state index in [1.807, 2.05) is 0 Å². The Morgan fingerprint density at radius 2 is 1.94 bits per heavy atom. The Bertz CT molecular complexity index is 1040. The van der Waals surface area contributed by atoms with Gasteiger partial charge >= 0.3 is 0 Å². The molecular weight excluding hydrogens is 470 g/mol. The van der Waals surface area contributed by atoms with E-state index in [0.717, 1.165) is 43.4 Å². The zero-order valence-corrected chi connectivity index (χ0v) is 20.7. The summed E-state index contributed by atoms with van der Waals surface area (Å²) in [6.45, 7) is 2.40. The van der Waals surface area contributed by atoms with Crippen LogP contribution < -0.4 is 10.6 Å². The highest BCUT2D eigenvalue weighted by molar-refractivity contribution is 6.22. The number of hydrogen-bond acceptors (Lipinski definition) is 5. The number of nitrogens with one attached hydrogen (secondary N) is 2. The van der Waals surface area contributed by atoms with Crippen molar-refractivity contribution in [2.75, 3.05) is 18.5 Å². The van der Waals surface area contributed by atoms with Crippen molar-refractivity contribution in [2.24, 2.45) is 11.8 Å². The minimum absolute atomic E-state index is 0.00647. The number of halogens is 1. The number of benzene rings is 1. The first-order valence-electron chi connectivity index (χ1n) is 12.6. The molecular formula is C26H32ClN3O5. The van der Waals surface area contributed by atoms with Crippen LogP contribution in [0.5, 0.6) is 0 Å². The van der Waals surface area contributed by atoms with Crippen molar-refractivity contribution in [3.05, 3.63) is 29.3 Å². The van der Waals surface area contributed by atoms with E-state index >= 15 is 0 Å². The molecule has 1 saturated carbocycles. The van der Waals surface area contributed by atoms with Gasteiger partial charge in [0.1, 0.15) is 24.8 Å². The van der Waals surface area contributed by atoms with Crippen LogP contribution in [0, 0.1) is 11.8 Å². The van der Waals surface area contributed by atoms with E-state index < -0.39 is 23.6 Å². The number of amides is 3. The first-order valence-corrected chi connectivity index (χ1v) is 13.1. The molecule has 3 aliphatic heterocycles. The summed E-state index contributed by atoms with van der Waals surface area (Å²) in [6, 6.07) is 3.83. The summed E-state index contributed by atoms with van der Waals surface area (Å²) in [7, 11) is 0. The van der Waals surface area contributed by atoms with E-state index in [4.69, 9.17) is 16.3 Å². The van der Waals surface area contributed by atoms with Crippen LogP contribution in [-0.2, 0) is 25.5 Å². The number of aryl methyl sites for hydroxylation is 1. The maximum Gasteiger partial charge on any atom is 0.251 e. The molecule has 4 aliphatic rings. The second-order valence-electron chi connectivity index (χ2n) is 10.4. The summed E-state index contributed by atoms with van der Waals surface area (Å²) in [5.74, 6) is -0.158. The minimum Gasteiger partial charge on any atom is -0.366 e. The van der Waals surface area contributed by atoms with E-state index in [2.05, 4.69) is 17.6 Å². The van der Waals surface area contributed by atoms with Gasteiger partial charge in [0, 0.05) is 24.2 Å². The molecule has 5 rings (SSSR count). The molecule has 3 heterocycles. The van der Waals surface area contributed by atoms with Gasteiger partial charge in [-0.25, -0.2) is 0 Å². The van der Waals surface area contributed by atoms with E-state index in [0.29, 0.717) is 24.3 Å². The number of ketones is 1. The molecule has 8 nitrogen and oxygen atoms in total. The third kappa shape index (κ3) is 4.83. The number of nitrogens with zero attached hydrogens (tertiary/aromatic N) is 1. The van der Waals surface area contributed by atoms with Crippen molar-refractivity contribution in [1.82, 2.24) is 10.2 Å². The molecule has 9 heteroatoms. The Labute approximate surface area is 210 Å². The Balaban J connectivity index is 1.38. The van der Waals surface area contributed by atoms with E-state index in [1.54, 1.807) is 18.2 Å². The van der Waals surface area contributed by atoms with Crippen molar-refractivity contribution in [3.63, 3.8) is 0 Å². The van der Waals surface area contributed by atoms with Gasteiger partial charge in [-0.2, -0.15) is 0 Å². The van der Waals surface area contributed by atoms with Crippen molar-refractivity contribution < 1.29 is 23.9 Å². The van der Waals surface area contributed by atoms with Gasteiger partial charge in [0.25, 0.3) is 5.91 Å². The predicted molar refractivity (Wildman–Crippen MR) is 130 cm³/mol. The lowest BCUT2D eigenvalue weighted by Crippen LogP contribution is -2.55. The standard InChI is InChI=1S/C26H32ClN3O5/c1-14-5-7-15(8-6-14)22(26(34)30-12-18(27)24-23(30)20(31)13-35-24)29-25(33)17-9-10-19-16(11-17)3-2-4-21(32)28-19/h9-11,14-15,18,22-24H,2-8,12-13H2,1H3,(H,28,32)(H,29,33)/t14-,15-,18-,22-,23+,24+/m0/s1. The monoisotopic (exact) mass is 501 g/mol. The lowest BCUT2D eigenvalue weighted by molar-refractivity contribution is -0.139. The summed E-state index contributed by atoms with van der Waals surface area (Å²) < 4.78 is 5.55. The number of carbonyl (C=O) groups excluding carboxylic acids is 4. The van der Waals surface area contributed by atoms with Crippen LogP contribution in [0.15, 0.2) is 18.2 Å². The molecule has 1 aromatic carbocycles. The van der Waals surface area contributed by atoms with Crippen LogP contribution in [0.1, 0.15) is 61.4 Å². The molecule has 4 atom stereocenters. The van der Waals surface area contributed by atoms with E-state index in [9.17, 15) is 19.2 Å². The Hall–Kier alpha value is -2.45. The van der Waals surface area contributed by atoms with Crippen molar-refractivity contribution in [2.45, 2.75) is 75.4 Å². The fraction of sp³-hybridized carbons (Fsp3) is 0.615. The van der Waals surface area contributed by atoms with Crippen LogP contribution >= 0.6 is 11.6 Å². The van der Waals surface area contributed by atoms with Crippen LogP contribution in [0.3, 0.4) is 0 Å². The fourth-order valence-corrected chi connectivity index (χ4v) is 6.30. The second kappa shape index (κ2) is 9.90. The zero-order chi connectivity index (χ0) is 24.7. The predicted octanol–water partition coefficient (Wildman–Crippen LogP) is 2.67. The lowest BCUT2D eigenvalue weighted by atomic mass is 9.78. The average molecular weight is 502 g/mol. The lowest BCUT2D eigenvalue weighted by Gasteiger charge is -2.35. The maximum absolute atomic E-state index is 13.8. The first kappa shape index (κ1) is 24.3. The number of carbonyl (C=O) groups is 4. The SMILES string of the molecule is C[C@H]1CC[C@H]([C@H](NC(=O)c2ccc3c(c2)CCCC(=O)N3)C(=O)N2C[C@H](Cl)[C@H]3OCC(=O)[C@H]32)CC1. The highest BCUT2D eigenvalue weighted by Crippen LogP contribution is 2.35. The molecule has 3 amide bonds. The van der Waals surface area contributed by atoms with E-state index in [-0.39, 0.29) is 42.6 Å². The minimum atomic E-state index is -0.732. The summed E-state index contributed by atoms with van der Waals surface area (Å²) in [6.07, 6.45) is 5.05. The van der Waals surface area contributed by atoms with Gasteiger partial charge in [-0.15, -0.1) is 11.6 Å². The van der Waals surface area contributed by atoms with Crippen LogP contribution in [0.4, 0.5) is 5.69 Å². The Morgan fingerprint density at radius 3 is 2.71 bits per heavy atom. The molecule has 0 unspecified atom stereocenters. The van der Waals surface area contributed by atoms with Gasteiger partial charge in [-0.3, -0.25) is 19.2 Å². The summed E-state index contributed by atoms with van der Waals surface area (Å²) >= 11 is 6.43. The molecule has 0 spiro atoms. The Morgan fingerprint density at radius 1 is 1.17 bits per heavy atom. The topological polar surface area (TPSA) is 105 Å². The quantitative estimate of drug-likeness (QED) is 0.617. The van der Waals surface area contributed by atoms with Crippen LogP contribution in [0.2, 0.25) is 0 Å². The van der Waals surface area contributed by atoms with Gasteiger partial charge < -0.3 is 20.3 Å². The van der Waals surface area contributed by atoms with Gasteiger partial charge in [0.2, 0.25) is 11.8 Å². The van der Waals surface area contributed by atoms with Crippen molar-refractivity contribution >= 4 is 40.8 Å². The third-order valence-electron chi connectivity index (χ3n) is 7.98. The highest BCUT2D eigenvalue weighted by atomic mass is 35.5. The second-order valence-corrected chi connectivity index (χ2v) is 11.0. The molecule has 3 fully saturated rings. The van der Waals surface area contributed by atoms with Gasteiger partial charge in [-0.1, -0.05) is 19.8 Å². The smallest absolute Gasteiger partial charge is 0.251 e. The number of alkyl halides is 1. The average Bonchev–Trinajstić information content (AvgIpc) is 3.32. The largest absolute Gasteiger partial charge is 0.366 e. The number of Topliss-reactive ketones (excluding diaryl/α,β-unsaturated/α-hetero) is 1. The van der Waals surface area contributed by atoms with Crippen molar-refractivity contribution in [3.8, 4) is 0 Å². The fourth-order valence-electron chi connectivity index (χ4n) is 5.94. The highest BCUT2D eigenvalue weighted by Gasteiger charge is 2.53. The number of ether oxygens (including phenoxy) is 1. The molecule has 1 aromatic rings. The number of rotatable bonds is 4. The van der Waals surface area contributed by atoms with Crippen LogP contribution in [0.25, 0.3) is 0 Å². The zero-order valence-electron chi connectivity index (χ0n) is 19.9. The third-order valence-corrected chi connectivity index (χ3v) is 8.37. The van der Waals surface area contributed by atoms with E-state index in [1.165, 1.54) is 4.90 Å². The number of likely N-dealkylation sites (tertiary alicyclic amines) is 1. The van der Waals surface area contributed by atoms with Crippen LogP contribution in [-0.4, -0.2) is 65.1 Å².